The van der Waals surface area contributed by atoms with Crippen molar-refractivity contribution in [1.82, 2.24) is 0 Å². The van der Waals surface area contributed by atoms with Crippen LogP contribution in [0, 0.1) is 51.2 Å². The van der Waals surface area contributed by atoms with Crippen molar-refractivity contribution < 1.29 is 9.53 Å². The van der Waals surface area contributed by atoms with E-state index in [9.17, 15) is 4.79 Å². The molecule has 0 N–H and O–H groups in total. The van der Waals surface area contributed by atoms with Crippen molar-refractivity contribution in [3.05, 3.63) is 24.3 Å². The van der Waals surface area contributed by atoms with Gasteiger partial charge in [-0.15, -0.1) is 0 Å². The van der Waals surface area contributed by atoms with Crippen molar-refractivity contribution in [3.8, 4) is 0 Å². The molecule has 35 heavy (non-hydrogen) atoms. The van der Waals surface area contributed by atoms with Gasteiger partial charge in [-0.2, -0.15) is 0 Å². The molecule has 0 amide bonds. The van der Waals surface area contributed by atoms with E-state index >= 15 is 0 Å². The maximum absolute atomic E-state index is 11.9. The zero-order valence-corrected chi connectivity index (χ0v) is 24.3. The Morgan fingerprint density at radius 2 is 1.54 bits per heavy atom. The van der Waals surface area contributed by atoms with Gasteiger partial charge in [-0.1, -0.05) is 65.8 Å². The van der Waals surface area contributed by atoms with Gasteiger partial charge in [-0.25, -0.2) is 0 Å². The number of ether oxygens (including phenoxy) is 1. The SMILES string of the molecule is C=C(CC[C@H](C)C(=C)C)[C@H]1CC[C@]2(C)C1CC[C@@H]1[C@@]3(C)CC[C@H](OC(C)=O)C(C)(C)C3CC[C@]12C. The Morgan fingerprint density at radius 3 is 2.17 bits per heavy atom. The summed E-state index contributed by atoms with van der Waals surface area (Å²) in [6.07, 6.45) is 12.7. The molecule has 0 bridgehead atoms. The fourth-order valence-electron chi connectivity index (χ4n) is 10.5. The first-order valence-electron chi connectivity index (χ1n) is 14.7. The highest BCUT2D eigenvalue weighted by Crippen LogP contribution is 2.75. The number of carbonyl (C=O) groups excluding carboxylic acids is 1. The van der Waals surface area contributed by atoms with Crippen LogP contribution in [0.1, 0.15) is 120 Å². The third kappa shape index (κ3) is 4.08. The fourth-order valence-corrected chi connectivity index (χ4v) is 10.5. The predicted molar refractivity (Wildman–Crippen MR) is 147 cm³/mol. The van der Waals surface area contributed by atoms with Gasteiger partial charge in [0.1, 0.15) is 6.10 Å². The molecule has 0 aromatic carbocycles. The van der Waals surface area contributed by atoms with Gasteiger partial charge in [0, 0.05) is 12.3 Å². The van der Waals surface area contributed by atoms with Gasteiger partial charge in [0.2, 0.25) is 0 Å². The van der Waals surface area contributed by atoms with E-state index in [-0.39, 0.29) is 17.5 Å². The summed E-state index contributed by atoms with van der Waals surface area (Å²) in [5, 5.41) is 0. The molecule has 0 aromatic heterocycles. The summed E-state index contributed by atoms with van der Waals surface area (Å²) in [4.78, 5) is 11.9. The lowest BCUT2D eigenvalue weighted by molar-refractivity contribution is -0.226. The summed E-state index contributed by atoms with van der Waals surface area (Å²) in [5.41, 5.74) is 4.02. The van der Waals surface area contributed by atoms with E-state index in [1.165, 1.54) is 62.5 Å². The molecule has 4 aliphatic rings. The standard InChI is InChI=1S/C33H54O2/c1-21(2)22(3)11-12-23(4)25-15-19-32(9)26(25)13-14-28-31(8)18-17-29(35-24(5)34)30(6,7)27(31)16-20-33(28,32)10/h22,25-29H,1,4,11-20H2,2-3,5-10H3/t22-,25+,26?,27?,28+,29-,31-,32+,33+/m0/s1. The summed E-state index contributed by atoms with van der Waals surface area (Å²) in [6.45, 7) is 27.7. The molecule has 0 saturated heterocycles. The quantitative estimate of drug-likeness (QED) is 0.279. The van der Waals surface area contributed by atoms with Crippen LogP contribution in [0.2, 0.25) is 0 Å². The van der Waals surface area contributed by atoms with E-state index in [1.807, 2.05) is 0 Å². The Hall–Kier alpha value is -1.05. The number of esters is 1. The minimum Gasteiger partial charge on any atom is -0.462 e. The normalized spacial score (nSPS) is 45.0. The number of hydrogen-bond acceptors (Lipinski definition) is 2. The first-order valence-corrected chi connectivity index (χ1v) is 14.7. The first-order chi connectivity index (χ1) is 16.2. The maximum Gasteiger partial charge on any atom is 0.302 e. The molecule has 0 spiro atoms. The Kier molecular flexibility index (Phi) is 6.98. The van der Waals surface area contributed by atoms with Gasteiger partial charge in [0.05, 0.1) is 0 Å². The van der Waals surface area contributed by atoms with E-state index in [4.69, 9.17) is 4.74 Å². The van der Waals surface area contributed by atoms with Crippen LogP contribution < -0.4 is 0 Å². The summed E-state index contributed by atoms with van der Waals surface area (Å²) in [7, 11) is 0. The molecule has 9 atom stereocenters. The Balaban J connectivity index is 1.56. The highest BCUT2D eigenvalue weighted by atomic mass is 16.5. The van der Waals surface area contributed by atoms with Crippen molar-refractivity contribution >= 4 is 5.97 Å². The van der Waals surface area contributed by atoms with Crippen LogP contribution in [0.15, 0.2) is 24.3 Å². The molecule has 198 valence electrons. The minimum absolute atomic E-state index is 0.0459. The number of hydrogen-bond donors (Lipinski definition) is 0. The second-order valence-corrected chi connectivity index (χ2v) is 14.7. The van der Waals surface area contributed by atoms with Crippen LogP contribution in [0.5, 0.6) is 0 Å². The van der Waals surface area contributed by atoms with Crippen LogP contribution in [0.4, 0.5) is 0 Å². The molecule has 4 saturated carbocycles. The first kappa shape index (κ1) is 27.0. The molecule has 2 nitrogen and oxygen atoms in total. The van der Waals surface area contributed by atoms with E-state index < -0.39 is 0 Å². The third-order valence-corrected chi connectivity index (χ3v) is 12.9. The summed E-state index contributed by atoms with van der Waals surface area (Å²) in [6, 6.07) is 0. The maximum atomic E-state index is 11.9. The minimum atomic E-state index is -0.116. The summed E-state index contributed by atoms with van der Waals surface area (Å²) >= 11 is 0. The summed E-state index contributed by atoms with van der Waals surface area (Å²) in [5.74, 6) is 3.37. The molecule has 4 rings (SSSR count). The lowest BCUT2D eigenvalue weighted by Crippen LogP contribution is -2.64. The Morgan fingerprint density at radius 1 is 0.886 bits per heavy atom. The number of carbonyl (C=O) groups is 1. The molecular weight excluding hydrogens is 428 g/mol. The van der Waals surface area contributed by atoms with Crippen LogP contribution in [0.25, 0.3) is 0 Å². The highest BCUT2D eigenvalue weighted by molar-refractivity contribution is 5.66. The average molecular weight is 483 g/mol. The molecule has 0 heterocycles. The van der Waals surface area contributed by atoms with Crippen LogP contribution in [0.3, 0.4) is 0 Å². The second-order valence-electron chi connectivity index (χ2n) is 14.7. The molecule has 0 aromatic rings. The zero-order chi connectivity index (χ0) is 26.0. The number of fused-ring (bicyclic) bond motifs is 5. The predicted octanol–water partition coefficient (Wildman–Crippen LogP) is 9.15. The molecular formula is C33H54O2. The van der Waals surface area contributed by atoms with Gasteiger partial charge in [0.15, 0.2) is 0 Å². The largest absolute Gasteiger partial charge is 0.462 e. The van der Waals surface area contributed by atoms with Crippen LogP contribution in [-0.2, 0) is 9.53 Å². The lowest BCUT2D eigenvalue weighted by atomic mass is 9.35. The highest BCUT2D eigenvalue weighted by Gasteiger charge is 2.68. The molecule has 4 aliphatic carbocycles. The molecule has 4 fully saturated rings. The van der Waals surface area contributed by atoms with Crippen LogP contribution in [-0.4, -0.2) is 12.1 Å². The van der Waals surface area contributed by atoms with Gasteiger partial charge >= 0.3 is 5.97 Å². The van der Waals surface area contributed by atoms with Crippen molar-refractivity contribution in [3.63, 3.8) is 0 Å². The Bertz CT molecular complexity index is 868. The van der Waals surface area contributed by atoms with E-state index in [2.05, 4.69) is 61.6 Å². The lowest BCUT2D eigenvalue weighted by Gasteiger charge is -2.70. The average Bonchev–Trinajstić information content (AvgIpc) is 3.12. The van der Waals surface area contributed by atoms with Crippen molar-refractivity contribution in [2.45, 2.75) is 126 Å². The van der Waals surface area contributed by atoms with Crippen molar-refractivity contribution in [2.75, 3.05) is 0 Å². The van der Waals surface area contributed by atoms with E-state index in [0.717, 1.165) is 24.7 Å². The zero-order valence-electron chi connectivity index (χ0n) is 24.3. The Labute approximate surface area is 216 Å². The van der Waals surface area contributed by atoms with Gasteiger partial charge in [-0.05, 0) is 117 Å². The monoisotopic (exact) mass is 482 g/mol. The topological polar surface area (TPSA) is 26.3 Å². The van der Waals surface area contributed by atoms with Gasteiger partial charge in [-0.3, -0.25) is 4.79 Å². The molecule has 2 heteroatoms. The second kappa shape index (κ2) is 9.05. The number of rotatable bonds is 6. The molecule has 0 radical (unpaired) electrons. The van der Waals surface area contributed by atoms with Gasteiger partial charge < -0.3 is 4.74 Å². The van der Waals surface area contributed by atoms with Crippen LogP contribution >= 0.6 is 0 Å². The van der Waals surface area contributed by atoms with Gasteiger partial charge in [0.25, 0.3) is 0 Å². The summed E-state index contributed by atoms with van der Waals surface area (Å²) < 4.78 is 5.89. The fraction of sp³-hybridized carbons (Fsp3) is 0.848. The third-order valence-electron chi connectivity index (χ3n) is 12.9. The van der Waals surface area contributed by atoms with E-state index in [1.54, 1.807) is 6.92 Å². The number of allylic oxidation sites excluding steroid dienone is 2. The van der Waals surface area contributed by atoms with Crippen molar-refractivity contribution in [2.24, 2.45) is 51.2 Å². The van der Waals surface area contributed by atoms with E-state index in [0.29, 0.717) is 34.0 Å². The smallest absolute Gasteiger partial charge is 0.302 e. The molecule has 0 aliphatic heterocycles. The van der Waals surface area contributed by atoms with Crippen molar-refractivity contribution in [1.29, 1.82) is 0 Å². The molecule has 2 unspecified atom stereocenters.